The van der Waals surface area contributed by atoms with Crippen LogP contribution in [-0.2, 0) is 25.7 Å². The smallest absolute Gasteiger partial charge is 0.352 e. The van der Waals surface area contributed by atoms with Crippen molar-refractivity contribution in [2.24, 2.45) is 0 Å². The van der Waals surface area contributed by atoms with Gasteiger partial charge in [-0.2, -0.15) is 0 Å². The Hall–Kier alpha value is -2.95. The highest BCUT2D eigenvalue weighted by atomic mass is 79.9. The first-order valence-corrected chi connectivity index (χ1v) is 12.8. The summed E-state index contributed by atoms with van der Waals surface area (Å²) in [5.41, 5.74) is 0.570. The number of thioether (sulfide) groups is 2. The van der Waals surface area contributed by atoms with Crippen molar-refractivity contribution >= 4 is 63.2 Å². The van der Waals surface area contributed by atoms with Gasteiger partial charge in [0.2, 0.25) is 5.16 Å². The van der Waals surface area contributed by atoms with Gasteiger partial charge in [0, 0.05) is 21.5 Å². The van der Waals surface area contributed by atoms with Crippen LogP contribution in [0.4, 0.5) is 0 Å². The molecular weight excluding hydrogens is 568 g/mol. The van der Waals surface area contributed by atoms with E-state index in [2.05, 4.69) is 36.8 Å². The van der Waals surface area contributed by atoms with E-state index in [1.165, 1.54) is 11.8 Å². The number of aliphatic hydroxyl groups excluding tert-OH is 1. The molecule has 4 rings (SSSR count). The van der Waals surface area contributed by atoms with Crippen LogP contribution in [0.25, 0.3) is 0 Å². The molecule has 3 heterocycles. The van der Waals surface area contributed by atoms with Gasteiger partial charge in [-0.3, -0.25) is 19.3 Å². The van der Waals surface area contributed by atoms with Crippen molar-refractivity contribution in [3.8, 4) is 0 Å². The lowest BCUT2D eigenvalue weighted by Gasteiger charge is -2.49. The molecule has 1 unspecified atom stereocenters. The summed E-state index contributed by atoms with van der Waals surface area (Å²) in [4.78, 5) is 49.5. The first-order chi connectivity index (χ1) is 16.7. The van der Waals surface area contributed by atoms with E-state index in [-0.39, 0.29) is 22.4 Å². The summed E-state index contributed by atoms with van der Waals surface area (Å²) in [6.07, 6.45) is -1.51. The molecule has 0 radical (unpaired) electrons. The summed E-state index contributed by atoms with van der Waals surface area (Å²) < 4.78 is 1.60. The Labute approximate surface area is 214 Å². The standard InChI is InChI=1S/C19H17BrN6O7S2/c20-10-4-2-1-3-9(10)14(29)15(30)21-12-16(31)26-13(18(32)33)8(6-34-17(12)26)7-35-19-22-23-24-25(19)5-11(27)28/h1-4,12,14,17,29H,5-7H2,(H,21,30)(H,27,28)(H,32,33)/t12?,14-,17-/m1/s1. The number of nitrogens with one attached hydrogen (secondary N) is 1. The van der Waals surface area contributed by atoms with Crippen LogP contribution in [0.1, 0.15) is 11.7 Å². The largest absolute Gasteiger partial charge is 0.480 e. The number of carboxylic acid groups (broad SMARTS) is 2. The molecule has 13 nitrogen and oxygen atoms in total. The highest BCUT2D eigenvalue weighted by molar-refractivity contribution is 9.10. The van der Waals surface area contributed by atoms with Crippen molar-refractivity contribution in [1.82, 2.24) is 30.4 Å². The minimum atomic E-state index is -1.51. The Morgan fingerprint density at radius 3 is 2.71 bits per heavy atom. The minimum Gasteiger partial charge on any atom is -0.480 e. The van der Waals surface area contributed by atoms with Gasteiger partial charge in [0.15, 0.2) is 6.10 Å². The second-order valence-corrected chi connectivity index (χ2v) is 10.3. The molecule has 3 atom stereocenters. The predicted molar refractivity (Wildman–Crippen MR) is 125 cm³/mol. The first-order valence-electron chi connectivity index (χ1n) is 9.92. The van der Waals surface area contributed by atoms with Gasteiger partial charge < -0.3 is 20.6 Å². The van der Waals surface area contributed by atoms with Crippen LogP contribution in [0.15, 0.2) is 45.2 Å². The summed E-state index contributed by atoms with van der Waals surface area (Å²) in [6, 6.07) is 5.64. The fourth-order valence-corrected chi connectivity index (χ4v) is 6.41. The number of carbonyl (C=O) groups excluding carboxylic acids is 2. The minimum absolute atomic E-state index is 0.114. The topological polar surface area (TPSA) is 188 Å². The second kappa shape index (κ2) is 10.3. The zero-order valence-electron chi connectivity index (χ0n) is 17.6. The number of hydrogen-bond donors (Lipinski definition) is 4. The van der Waals surface area contributed by atoms with E-state index in [1.807, 2.05) is 0 Å². The van der Waals surface area contributed by atoms with Crippen molar-refractivity contribution in [3.05, 3.63) is 45.6 Å². The maximum absolute atomic E-state index is 12.8. The molecule has 4 N–H and O–H groups in total. The summed E-state index contributed by atoms with van der Waals surface area (Å²) in [5.74, 6) is -3.45. The Morgan fingerprint density at radius 2 is 2.03 bits per heavy atom. The normalized spacial score (nSPS) is 20.2. The maximum atomic E-state index is 12.8. The van der Waals surface area contributed by atoms with Gasteiger partial charge in [-0.25, -0.2) is 9.48 Å². The second-order valence-electron chi connectivity index (χ2n) is 7.38. The lowest BCUT2D eigenvalue weighted by atomic mass is 10.0. The molecule has 0 bridgehead atoms. The van der Waals surface area contributed by atoms with E-state index in [9.17, 15) is 29.4 Å². The Morgan fingerprint density at radius 1 is 1.29 bits per heavy atom. The number of amides is 2. The van der Waals surface area contributed by atoms with Crippen LogP contribution in [-0.4, -0.2) is 87.1 Å². The fraction of sp³-hybridized carbons (Fsp3) is 0.316. The molecule has 0 spiro atoms. The first kappa shape index (κ1) is 25.2. The summed E-state index contributed by atoms with van der Waals surface area (Å²) in [6.45, 7) is -0.450. The average Bonchev–Trinajstić information content (AvgIpc) is 3.26. The predicted octanol–water partition coefficient (Wildman–Crippen LogP) is 0.0845. The third-order valence-electron chi connectivity index (χ3n) is 5.16. The van der Waals surface area contributed by atoms with Crippen LogP contribution < -0.4 is 5.32 Å². The molecule has 0 saturated carbocycles. The van der Waals surface area contributed by atoms with E-state index in [4.69, 9.17) is 5.11 Å². The van der Waals surface area contributed by atoms with E-state index in [1.54, 1.807) is 24.3 Å². The lowest BCUT2D eigenvalue weighted by Crippen LogP contribution is -2.70. The highest BCUT2D eigenvalue weighted by Gasteiger charge is 2.54. The molecule has 2 aliphatic heterocycles. The number of β-lactam (4-membered cyclic amide) rings is 1. The molecule has 2 aliphatic rings. The molecule has 2 amide bonds. The van der Waals surface area contributed by atoms with Crippen LogP contribution in [0.2, 0.25) is 0 Å². The van der Waals surface area contributed by atoms with Gasteiger partial charge in [-0.1, -0.05) is 45.9 Å². The monoisotopic (exact) mass is 584 g/mol. The summed E-state index contributed by atoms with van der Waals surface area (Å²) in [7, 11) is 0. The molecule has 1 saturated heterocycles. The fourth-order valence-electron chi connectivity index (χ4n) is 3.54. The van der Waals surface area contributed by atoms with Crippen molar-refractivity contribution < 1.29 is 34.5 Å². The molecule has 184 valence electrons. The van der Waals surface area contributed by atoms with Gasteiger partial charge in [-0.15, -0.1) is 16.9 Å². The molecule has 16 heteroatoms. The lowest BCUT2D eigenvalue weighted by molar-refractivity contribution is -0.151. The number of aromatic nitrogens is 4. The van der Waals surface area contributed by atoms with Gasteiger partial charge >= 0.3 is 11.9 Å². The Kier molecular flexibility index (Phi) is 7.44. The van der Waals surface area contributed by atoms with Crippen molar-refractivity contribution in [2.45, 2.75) is 29.2 Å². The van der Waals surface area contributed by atoms with Gasteiger partial charge in [0.25, 0.3) is 11.8 Å². The molecule has 2 aromatic rings. The number of carbonyl (C=O) groups is 4. The molecule has 1 aromatic heterocycles. The molecule has 0 aliphatic carbocycles. The summed E-state index contributed by atoms with van der Waals surface area (Å²) >= 11 is 5.59. The molecular formula is C19H17BrN6O7S2. The third-order valence-corrected chi connectivity index (χ3v) is 8.26. The quantitative estimate of drug-likeness (QED) is 0.230. The van der Waals surface area contributed by atoms with Crippen LogP contribution in [0.3, 0.4) is 0 Å². The number of tetrazole rings is 1. The molecule has 1 aromatic carbocycles. The molecule has 1 fully saturated rings. The van der Waals surface area contributed by atoms with Crippen LogP contribution >= 0.6 is 39.5 Å². The van der Waals surface area contributed by atoms with E-state index < -0.39 is 47.8 Å². The zero-order valence-corrected chi connectivity index (χ0v) is 20.8. The zero-order chi connectivity index (χ0) is 25.3. The van der Waals surface area contributed by atoms with E-state index in [0.29, 0.717) is 15.6 Å². The maximum Gasteiger partial charge on any atom is 0.352 e. The van der Waals surface area contributed by atoms with Gasteiger partial charge in [-0.05, 0) is 22.1 Å². The van der Waals surface area contributed by atoms with Crippen LogP contribution in [0.5, 0.6) is 0 Å². The van der Waals surface area contributed by atoms with Crippen LogP contribution in [0, 0.1) is 0 Å². The van der Waals surface area contributed by atoms with Crippen molar-refractivity contribution in [1.29, 1.82) is 0 Å². The molecule has 35 heavy (non-hydrogen) atoms. The van der Waals surface area contributed by atoms with Gasteiger partial charge in [0.05, 0.1) is 0 Å². The summed E-state index contributed by atoms with van der Waals surface area (Å²) in [5, 5.41) is 42.0. The number of rotatable bonds is 9. The number of fused-ring (bicyclic) bond motifs is 1. The number of aliphatic carboxylic acids is 2. The van der Waals surface area contributed by atoms with E-state index in [0.717, 1.165) is 21.3 Å². The number of benzene rings is 1. The Balaban J connectivity index is 1.46. The Bertz CT molecular complexity index is 1240. The van der Waals surface area contributed by atoms with E-state index >= 15 is 0 Å². The number of nitrogens with zero attached hydrogens (tertiary/aromatic N) is 5. The highest BCUT2D eigenvalue weighted by Crippen LogP contribution is 2.41. The third kappa shape index (κ3) is 5.05. The van der Waals surface area contributed by atoms with Gasteiger partial charge in [0.1, 0.15) is 23.7 Å². The van der Waals surface area contributed by atoms with Crippen molar-refractivity contribution in [2.75, 3.05) is 11.5 Å². The van der Waals surface area contributed by atoms with Crippen molar-refractivity contribution in [3.63, 3.8) is 0 Å². The number of halogens is 1. The number of aliphatic hydroxyl groups is 1. The number of carboxylic acids is 2. The number of hydrogen-bond acceptors (Lipinski definition) is 10. The SMILES string of the molecule is O=C(O)Cn1nnnc1SCC1=C(C(=O)O)N2C(=O)C(NC(=O)[C@H](O)c3ccccc3Br)[C@H]2SC1. The average molecular weight is 585 g/mol.